The number of carbonyl (C=O) groups is 1. The van der Waals surface area contributed by atoms with E-state index in [2.05, 4.69) is 0 Å². The largest absolute Gasteiger partial charge is 0.494 e. The van der Waals surface area contributed by atoms with Crippen LogP contribution in [0.3, 0.4) is 0 Å². The Balaban J connectivity index is 2.48. The van der Waals surface area contributed by atoms with Gasteiger partial charge >= 0.3 is 6.18 Å². The molecule has 1 aromatic rings. The number of likely N-dealkylation sites (N-methyl/N-ethyl adjacent to an activating group) is 1. The molecule has 0 aliphatic carbocycles. The van der Waals surface area contributed by atoms with Gasteiger partial charge in [-0.2, -0.15) is 13.2 Å². The molecule has 1 rings (SSSR count). The van der Waals surface area contributed by atoms with Gasteiger partial charge in [0.2, 0.25) is 0 Å². The smallest absolute Gasteiger partial charge is 0.406 e. The van der Waals surface area contributed by atoms with Gasteiger partial charge in [-0.1, -0.05) is 6.92 Å². The monoisotopic (exact) mass is 319 g/mol. The fourth-order valence-corrected chi connectivity index (χ4v) is 1.68. The van der Waals surface area contributed by atoms with Crippen molar-refractivity contribution in [3.8, 4) is 11.5 Å². The van der Waals surface area contributed by atoms with E-state index in [0.29, 0.717) is 23.0 Å². The summed E-state index contributed by atoms with van der Waals surface area (Å²) in [6, 6.07) is 6.59. The van der Waals surface area contributed by atoms with Crippen LogP contribution in [-0.4, -0.2) is 43.3 Å². The molecule has 0 saturated heterocycles. The van der Waals surface area contributed by atoms with Crippen molar-refractivity contribution in [2.45, 2.75) is 26.4 Å². The number of amides is 1. The molecule has 0 N–H and O–H groups in total. The van der Waals surface area contributed by atoms with E-state index in [1.54, 1.807) is 24.3 Å². The van der Waals surface area contributed by atoms with Crippen LogP contribution >= 0.6 is 0 Å². The summed E-state index contributed by atoms with van der Waals surface area (Å²) in [6.07, 6.45) is -3.53. The third-order valence-corrected chi connectivity index (χ3v) is 2.76. The first kappa shape index (κ1) is 18.1. The SMILES string of the molecule is CCCOc1ccc(OCC(=O)N(CC)CC(F)(F)F)cc1. The summed E-state index contributed by atoms with van der Waals surface area (Å²) in [5.74, 6) is 0.374. The number of ether oxygens (including phenoxy) is 2. The number of benzene rings is 1. The summed E-state index contributed by atoms with van der Waals surface area (Å²) in [5.41, 5.74) is 0. The minimum absolute atomic E-state index is 0.0223. The second-order valence-electron chi connectivity index (χ2n) is 4.63. The van der Waals surface area contributed by atoms with E-state index >= 15 is 0 Å². The van der Waals surface area contributed by atoms with Crippen molar-refractivity contribution in [3.05, 3.63) is 24.3 Å². The first-order valence-corrected chi connectivity index (χ1v) is 7.06. The molecular weight excluding hydrogens is 299 g/mol. The van der Waals surface area contributed by atoms with Crippen molar-refractivity contribution in [3.63, 3.8) is 0 Å². The first-order valence-electron chi connectivity index (χ1n) is 7.06. The highest BCUT2D eigenvalue weighted by atomic mass is 19.4. The average Bonchev–Trinajstić information content (AvgIpc) is 2.48. The lowest BCUT2D eigenvalue weighted by Gasteiger charge is -2.22. The van der Waals surface area contributed by atoms with Crippen LogP contribution in [-0.2, 0) is 4.79 Å². The number of nitrogens with zero attached hydrogens (tertiary/aromatic N) is 1. The summed E-state index contributed by atoms with van der Waals surface area (Å²) in [6.45, 7) is 2.36. The minimum Gasteiger partial charge on any atom is -0.494 e. The second-order valence-corrected chi connectivity index (χ2v) is 4.63. The molecule has 0 fully saturated rings. The fourth-order valence-electron chi connectivity index (χ4n) is 1.68. The second kappa shape index (κ2) is 8.51. The predicted molar refractivity (Wildman–Crippen MR) is 76.0 cm³/mol. The number of carbonyl (C=O) groups excluding carboxylic acids is 1. The molecule has 124 valence electrons. The van der Waals surface area contributed by atoms with Crippen molar-refractivity contribution < 1.29 is 27.4 Å². The van der Waals surface area contributed by atoms with E-state index in [9.17, 15) is 18.0 Å². The molecule has 0 heterocycles. The number of rotatable bonds is 8. The van der Waals surface area contributed by atoms with Crippen LogP contribution in [0.1, 0.15) is 20.3 Å². The average molecular weight is 319 g/mol. The van der Waals surface area contributed by atoms with Crippen LogP contribution in [0.25, 0.3) is 0 Å². The molecule has 0 aliphatic rings. The lowest BCUT2D eigenvalue weighted by molar-refractivity contribution is -0.161. The van der Waals surface area contributed by atoms with E-state index in [1.807, 2.05) is 6.92 Å². The van der Waals surface area contributed by atoms with Crippen molar-refractivity contribution in [1.29, 1.82) is 0 Å². The molecular formula is C15H20F3NO3. The van der Waals surface area contributed by atoms with E-state index in [-0.39, 0.29) is 6.54 Å². The molecule has 0 aliphatic heterocycles. The highest BCUT2D eigenvalue weighted by Gasteiger charge is 2.32. The molecule has 7 heteroatoms. The zero-order chi connectivity index (χ0) is 16.6. The van der Waals surface area contributed by atoms with Gasteiger partial charge in [0.05, 0.1) is 6.61 Å². The van der Waals surface area contributed by atoms with Crippen molar-refractivity contribution in [2.75, 3.05) is 26.3 Å². The molecule has 0 bridgehead atoms. The Hall–Kier alpha value is -1.92. The van der Waals surface area contributed by atoms with E-state index in [4.69, 9.17) is 9.47 Å². The van der Waals surface area contributed by atoms with Crippen LogP contribution in [0.15, 0.2) is 24.3 Å². The molecule has 0 aromatic heterocycles. The summed E-state index contributed by atoms with van der Waals surface area (Å²) >= 11 is 0. The normalized spacial score (nSPS) is 11.1. The molecule has 4 nitrogen and oxygen atoms in total. The summed E-state index contributed by atoms with van der Waals surface area (Å²) in [7, 11) is 0. The van der Waals surface area contributed by atoms with Crippen molar-refractivity contribution >= 4 is 5.91 Å². The maximum Gasteiger partial charge on any atom is 0.406 e. The maximum absolute atomic E-state index is 12.3. The van der Waals surface area contributed by atoms with Gasteiger partial charge in [-0.05, 0) is 37.6 Å². The molecule has 0 atom stereocenters. The highest BCUT2D eigenvalue weighted by Crippen LogP contribution is 2.19. The quantitative estimate of drug-likeness (QED) is 0.738. The zero-order valence-electron chi connectivity index (χ0n) is 12.7. The zero-order valence-corrected chi connectivity index (χ0v) is 12.7. The number of halogens is 3. The number of hydrogen-bond acceptors (Lipinski definition) is 3. The Labute approximate surface area is 127 Å². The summed E-state index contributed by atoms with van der Waals surface area (Å²) in [5, 5.41) is 0. The van der Waals surface area contributed by atoms with Gasteiger partial charge in [-0.25, -0.2) is 0 Å². The number of hydrogen-bond donors (Lipinski definition) is 0. The van der Waals surface area contributed by atoms with Gasteiger partial charge < -0.3 is 14.4 Å². The molecule has 0 unspecified atom stereocenters. The molecule has 22 heavy (non-hydrogen) atoms. The van der Waals surface area contributed by atoms with Gasteiger partial charge in [0.25, 0.3) is 5.91 Å². The Morgan fingerprint density at radius 2 is 1.64 bits per heavy atom. The molecule has 1 amide bonds. The van der Waals surface area contributed by atoms with Crippen LogP contribution in [0.2, 0.25) is 0 Å². The van der Waals surface area contributed by atoms with Gasteiger partial charge in [0.15, 0.2) is 6.61 Å². The van der Waals surface area contributed by atoms with Crippen molar-refractivity contribution in [1.82, 2.24) is 4.90 Å². The van der Waals surface area contributed by atoms with Gasteiger partial charge in [0, 0.05) is 6.54 Å². The lowest BCUT2D eigenvalue weighted by atomic mass is 10.3. The molecule has 0 saturated carbocycles. The topological polar surface area (TPSA) is 38.8 Å². The Bertz CT molecular complexity index is 460. The predicted octanol–water partition coefficient (Wildman–Crippen LogP) is 3.27. The van der Waals surface area contributed by atoms with Gasteiger partial charge in [-0.3, -0.25) is 4.79 Å². The van der Waals surface area contributed by atoms with Crippen LogP contribution in [0, 0.1) is 0 Å². The third-order valence-electron chi connectivity index (χ3n) is 2.76. The lowest BCUT2D eigenvalue weighted by Crippen LogP contribution is -2.41. The first-order chi connectivity index (χ1) is 10.4. The minimum atomic E-state index is -4.41. The molecule has 0 spiro atoms. The molecule has 0 radical (unpaired) electrons. The van der Waals surface area contributed by atoms with E-state index in [0.717, 1.165) is 6.42 Å². The molecule has 1 aromatic carbocycles. The van der Waals surface area contributed by atoms with E-state index in [1.165, 1.54) is 6.92 Å². The summed E-state index contributed by atoms with van der Waals surface area (Å²) < 4.78 is 47.5. The Morgan fingerprint density at radius 1 is 1.09 bits per heavy atom. The maximum atomic E-state index is 12.3. The van der Waals surface area contributed by atoms with Crippen LogP contribution < -0.4 is 9.47 Å². The Morgan fingerprint density at radius 3 is 2.09 bits per heavy atom. The highest BCUT2D eigenvalue weighted by molar-refractivity contribution is 5.77. The van der Waals surface area contributed by atoms with Crippen LogP contribution in [0.5, 0.6) is 11.5 Å². The van der Waals surface area contributed by atoms with Crippen LogP contribution in [0.4, 0.5) is 13.2 Å². The Kier molecular flexibility index (Phi) is 7.01. The number of alkyl halides is 3. The fraction of sp³-hybridized carbons (Fsp3) is 0.533. The summed E-state index contributed by atoms with van der Waals surface area (Å²) in [4.78, 5) is 12.4. The van der Waals surface area contributed by atoms with E-state index < -0.39 is 25.2 Å². The third kappa shape index (κ3) is 6.69. The standard InChI is InChI=1S/C15H20F3NO3/c1-3-9-21-12-5-7-13(8-6-12)22-10-14(20)19(4-2)11-15(16,17)18/h5-8H,3-4,9-11H2,1-2H3. The van der Waals surface area contributed by atoms with Gasteiger partial charge in [0.1, 0.15) is 18.0 Å². The van der Waals surface area contributed by atoms with Crippen molar-refractivity contribution in [2.24, 2.45) is 0 Å². The van der Waals surface area contributed by atoms with Gasteiger partial charge in [-0.15, -0.1) is 0 Å².